The van der Waals surface area contributed by atoms with Gasteiger partial charge >= 0.3 is 0 Å². The molecule has 13 heavy (non-hydrogen) atoms. The fourth-order valence-corrected chi connectivity index (χ4v) is 3.74. The first-order valence-corrected chi connectivity index (χ1v) is 5.24. The molecule has 2 rings (SSSR count). The zero-order valence-corrected chi connectivity index (χ0v) is 9.04. The molecule has 1 fully saturated rings. The SMILES string of the molecule is CC(C)(O)[C@@H]1[C@@H]2C=C[C@@H](C2)C1(C)C. The zero-order valence-electron chi connectivity index (χ0n) is 9.04. The molecule has 0 aromatic heterocycles. The van der Waals surface area contributed by atoms with E-state index < -0.39 is 5.60 Å². The van der Waals surface area contributed by atoms with Gasteiger partial charge in [0.15, 0.2) is 0 Å². The summed E-state index contributed by atoms with van der Waals surface area (Å²) in [5.74, 6) is 1.73. The van der Waals surface area contributed by atoms with Crippen molar-refractivity contribution in [3.8, 4) is 0 Å². The first-order valence-electron chi connectivity index (χ1n) is 5.24. The van der Waals surface area contributed by atoms with E-state index in [4.69, 9.17) is 0 Å². The average molecular weight is 180 g/mol. The van der Waals surface area contributed by atoms with E-state index in [9.17, 15) is 5.11 Å². The van der Waals surface area contributed by atoms with Crippen LogP contribution in [0.25, 0.3) is 0 Å². The quantitative estimate of drug-likeness (QED) is 0.615. The number of allylic oxidation sites excluding steroid dienone is 2. The molecule has 0 aromatic carbocycles. The van der Waals surface area contributed by atoms with Crippen LogP contribution in [0.3, 0.4) is 0 Å². The lowest BCUT2D eigenvalue weighted by Crippen LogP contribution is -2.43. The van der Waals surface area contributed by atoms with Crippen molar-refractivity contribution in [3.63, 3.8) is 0 Å². The van der Waals surface area contributed by atoms with E-state index in [-0.39, 0.29) is 5.41 Å². The van der Waals surface area contributed by atoms with E-state index >= 15 is 0 Å². The van der Waals surface area contributed by atoms with Crippen LogP contribution < -0.4 is 0 Å². The highest BCUT2D eigenvalue weighted by atomic mass is 16.3. The Hall–Kier alpha value is -0.300. The fraction of sp³-hybridized carbons (Fsp3) is 0.833. The molecule has 1 heteroatoms. The lowest BCUT2D eigenvalue weighted by atomic mass is 9.65. The summed E-state index contributed by atoms with van der Waals surface area (Å²) in [4.78, 5) is 0. The van der Waals surface area contributed by atoms with Gasteiger partial charge in [-0.25, -0.2) is 0 Å². The molecular formula is C12H20O. The van der Waals surface area contributed by atoms with Crippen LogP contribution in [-0.2, 0) is 0 Å². The Bertz CT molecular complexity index is 244. The summed E-state index contributed by atoms with van der Waals surface area (Å²) < 4.78 is 0. The van der Waals surface area contributed by atoms with Crippen molar-refractivity contribution in [1.82, 2.24) is 0 Å². The zero-order chi connectivity index (χ0) is 9.85. The smallest absolute Gasteiger partial charge is 0.0630 e. The highest BCUT2D eigenvalue weighted by Gasteiger charge is 2.54. The van der Waals surface area contributed by atoms with Gasteiger partial charge in [0.1, 0.15) is 0 Å². The van der Waals surface area contributed by atoms with Crippen LogP contribution in [0.5, 0.6) is 0 Å². The Labute approximate surface area is 80.8 Å². The van der Waals surface area contributed by atoms with Gasteiger partial charge < -0.3 is 5.11 Å². The number of hydrogen-bond acceptors (Lipinski definition) is 1. The number of aliphatic hydroxyl groups is 1. The third kappa shape index (κ3) is 1.17. The monoisotopic (exact) mass is 180 g/mol. The van der Waals surface area contributed by atoms with Crippen LogP contribution >= 0.6 is 0 Å². The van der Waals surface area contributed by atoms with E-state index in [1.807, 2.05) is 13.8 Å². The maximum Gasteiger partial charge on any atom is 0.0630 e. The average Bonchev–Trinajstić information content (AvgIpc) is 2.38. The summed E-state index contributed by atoms with van der Waals surface area (Å²) in [7, 11) is 0. The number of fused-ring (bicyclic) bond motifs is 2. The summed E-state index contributed by atoms with van der Waals surface area (Å²) in [6.45, 7) is 8.50. The Morgan fingerprint density at radius 3 is 2.23 bits per heavy atom. The van der Waals surface area contributed by atoms with E-state index in [0.29, 0.717) is 17.8 Å². The normalized spacial score (nSPS) is 41.5. The van der Waals surface area contributed by atoms with Gasteiger partial charge in [-0.1, -0.05) is 26.0 Å². The molecule has 1 saturated carbocycles. The Morgan fingerprint density at radius 2 is 1.92 bits per heavy atom. The largest absolute Gasteiger partial charge is 0.390 e. The van der Waals surface area contributed by atoms with Crippen LogP contribution in [0.1, 0.15) is 34.1 Å². The maximum absolute atomic E-state index is 10.1. The first kappa shape index (κ1) is 9.26. The van der Waals surface area contributed by atoms with Crippen LogP contribution in [0, 0.1) is 23.2 Å². The van der Waals surface area contributed by atoms with Gasteiger partial charge in [-0.05, 0) is 43.4 Å². The van der Waals surface area contributed by atoms with Crippen molar-refractivity contribution < 1.29 is 5.11 Å². The van der Waals surface area contributed by atoms with Gasteiger partial charge in [0.2, 0.25) is 0 Å². The fourth-order valence-electron chi connectivity index (χ4n) is 3.74. The Kier molecular flexibility index (Phi) is 1.70. The molecule has 0 amide bonds. The minimum absolute atomic E-state index is 0.275. The second-order valence-electron chi connectivity index (χ2n) is 5.84. The molecule has 1 nitrogen and oxygen atoms in total. The molecule has 0 aromatic rings. The molecular weight excluding hydrogens is 160 g/mol. The van der Waals surface area contributed by atoms with Crippen LogP contribution in [0.2, 0.25) is 0 Å². The van der Waals surface area contributed by atoms with Crippen molar-refractivity contribution in [2.45, 2.75) is 39.7 Å². The van der Waals surface area contributed by atoms with Crippen molar-refractivity contribution in [2.24, 2.45) is 23.2 Å². The minimum Gasteiger partial charge on any atom is -0.390 e. The van der Waals surface area contributed by atoms with Crippen molar-refractivity contribution in [2.75, 3.05) is 0 Å². The molecule has 74 valence electrons. The molecule has 2 bridgehead atoms. The first-order chi connectivity index (χ1) is 5.83. The summed E-state index contributed by atoms with van der Waals surface area (Å²) in [5, 5.41) is 10.1. The summed E-state index contributed by atoms with van der Waals surface area (Å²) >= 11 is 0. The molecule has 0 aliphatic heterocycles. The van der Waals surface area contributed by atoms with Crippen molar-refractivity contribution in [1.29, 1.82) is 0 Å². The molecule has 1 N–H and O–H groups in total. The van der Waals surface area contributed by atoms with E-state index in [1.165, 1.54) is 6.42 Å². The second-order valence-corrected chi connectivity index (χ2v) is 5.84. The van der Waals surface area contributed by atoms with Gasteiger partial charge in [-0.15, -0.1) is 0 Å². The molecule has 3 atom stereocenters. The number of hydrogen-bond donors (Lipinski definition) is 1. The predicted octanol–water partition coefficient (Wildman–Crippen LogP) is 2.61. The van der Waals surface area contributed by atoms with E-state index in [2.05, 4.69) is 26.0 Å². The third-order valence-corrected chi connectivity index (χ3v) is 4.06. The molecule has 0 saturated heterocycles. The summed E-state index contributed by atoms with van der Waals surface area (Å²) in [6, 6.07) is 0. The standard InChI is InChI=1S/C12H20O/c1-11(2)9-6-5-8(7-9)10(11)12(3,4)13/h5-6,8-10,13H,7H2,1-4H3/t8-,9+,10-/m1/s1. The van der Waals surface area contributed by atoms with E-state index in [1.54, 1.807) is 0 Å². The maximum atomic E-state index is 10.1. The summed E-state index contributed by atoms with van der Waals surface area (Å²) in [6.07, 6.45) is 5.90. The molecule has 2 aliphatic carbocycles. The minimum atomic E-state index is -0.534. The molecule has 2 aliphatic rings. The van der Waals surface area contributed by atoms with Crippen LogP contribution in [-0.4, -0.2) is 10.7 Å². The summed E-state index contributed by atoms with van der Waals surface area (Å²) in [5.41, 5.74) is -0.259. The lowest BCUT2D eigenvalue weighted by Gasteiger charge is -2.42. The second kappa shape index (κ2) is 2.38. The lowest BCUT2D eigenvalue weighted by molar-refractivity contribution is -0.0440. The van der Waals surface area contributed by atoms with Crippen LogP contribution in [0.4, 0.5) is 0 Å². The number of rotatable bonds is 1. The van der Waals surface area contributed by atoms with Crippen LogP contribution in [0.15, 0.2) is 12.2 Å². The molecule has 0 unspecified atom stereocenters. The van der Waals surface area contributed by atoms with Gasteiger partial charge in [0.05, 0.1) is 5.60 Å². The van der Waals surface area contributed by atoms with Crippen molar-refractivity contribution >= 4 is 0 Å². The third-order valence-electron chi connectivity index (χ3n) is 4.06. The topological polar surface area (TPSA) is 20.2 Å². The molecule has 0 radical (unpaired) electrons. The van der Waals surface area contributed by atoms with Gasteiger partial charge in [-0.3, -0.25) is 0 Å². The highest BCUT2D eigenvalue weighted by molar-refractivity contribution is 5.19. The highest BCUT2D eigenvalue weighted by Crippen LogP contribution is 2.58. The predicted molar refractivity (Wildman–Crippen MR) is 54.3 cm³/mol. The Balaban J connectivity index is 2.35. The van der Waals surface area contributed by atoms with Gasteiger partial charge in [-0.2, -0.15) is 0 Å². The van der Waals surface area contributed by atoms with Gasteiger partial charge in [0.25, 0.3) is 0 Å². The molecule has 0 spiro atoms. The van der Waals surface area contributed by atoms with E-state index in [0.717, 1.165) is 0 Å². The Morgan fingerprint density at radius 1 is 1.31 bits per heavy atom. The van der Waals surface area contributed by atoms with Crippen molar-refractivity contribution in [3.05, 3.63) is 12.2 Å². The molecule has 0 heterocycles. The van der Waals surface area contributed by atoms with Gasteiger partial charge in [0, 0.05) is 0 Å².